The monoisotopic (exact) mass is 209 g/mol. The van der Waals surface area contributed by atoms with E-state index in [4.69, 9.17) is 0 Å². The van der Waals surface area contributed by atoms with Gasteiger partial charge in [-0.25, -0.2) is 0 Å². The van der Waals surface area contributed by atoms with Crippen molar-refractivity contribution in [1.29, 1.82) is 0 Å². The predicted octanol–water partition coefficient (Wildman–Crippen LogP) is 3.59. The first kappa shape index (κ1) is 11.4. The van der Waals surface area contributed by atoms with Crippen LogP contribution in [0, 0.1) is 17.3 Å². The van der Waals surface area contributed by atoms with Gasteiger partial charge >= 0.3 is 0 Å². The lowest BCUT2D eigenvalue weighted by Gasteiger charge is -2.38. The molecule has 0 spiro atoms. The number of hydrogen-bond acceptors (Lipinski definition) is 1. The van der Waals surface area contributed by atoms with Gasteiger partial charge in [-0.15, -0.1) is 0 Å². The molecule has 0 radical (unpaired) electrons. The maximum absolute atomic E-state index is 3.68. The van der Waals surface area contributed by atoms with Gasteiger partial charge in [0.05, 0.1) is 0 Å². The molecule has 1 unspecified atom stereocenters. The van der Waals surface area contributed by atoms with E-state index in [1.165, 1.54) is 45.1 Å². The zero-order valence-corrected chi connectivity index (χ0v) is 10.7. The molecule has 1 heteroatoms. The Balaban J connectivity index is 1.81. The largest absolute Gasteiger partial charge is 0.314 e. The molecule has 2 aliphatic rings. The Morgan fingerprint density at radius 1 is 0.933 bits per heavy atom. The highest BCUT2D eigenvalue weighted by atomic mass is 14.9. The normalized spacial score (nSPS) is 38.2. The first-order valence-electron chi connectivity index (χ1n) is 6.81. The minimum Gasteiger partial charge on any atom is -0.314 e. The molecule has 0 aromatic rings. The molecule has 15 heavy (non-hydrogen) atoms. The summed E-state index contributed by atoms with van der Waals surface area (Å²) in [6, 6.07) is 0.867. The summed E-state index contributed by atoms with van der Waals surface area (Å²) in [5.41, 5.74) is 0.536. The van der Waals surface area contributed by atoms with Gasteiger partial charge in [0.25, 0.3) is 0 Å². The summed E-state index contributed by atoms with van der Waals surface area (Å²) >= 11 is 0. The van der Waals surface area contributed by atoms with Gasteiger partial charge in [0.2, 0.25) is 0 Å². The highest BCUT2D eigenvalue weighted by Crippen LogP contribution is 2.41. The third-order valence-electron chi connectivity index (χ3n) is 4.66. The van der Waals surface area contributed by atoms with Gasteiger partial charge in [0.1, 0.15) is 0 Å². The van der Waals surface area contributed by atoms with Crippen molar-refractivity contribution in [2.45, 2.75) is 65.3 Å². The summed E-state index contributed by atoms with van der Waals surface area (Å²) in [7, 11) is 0. The molecule has 0 bridgehead atoms. The fourth-order valence-corrected chi connectivity index (χ4v) is 3.50. The molecule has 0 aromatic heterocycles. The van der Waals surface area contributed by atoms with E-state index in [1.54, 1.807) is 0 Å². The Labute approximate surface area is 95.0 Å². The van der Waals surface area contributed by atoms with E-state index in [9.17, 15) is 0 Å². The first-order valence-corrected chi connectivity index (χ1v) is 6.81. The summed E-state index contributed by atoms with van der Waals surface area (Å²) in [5, 5.41) is 3.68. The fourth-order valence-electron chi connectivity index (χ4n) is 3.50. The predicted molar refractivity (Wildman–Crippen MR) is 65.9 cm³/mol. The average molecular weight is 209 g/mol. The topological polar surface area (TPSA) is 12.0 Å². The van der Waals surface area contributed by atoms with Gasteiger partial charge in [-0.2, -0.15) is 0 Å². The van der Waals surface area contributed by atoms with Crippen LogP contribution < -0.4 is 5.32 Å². The van der Waals surface area contributed by atoms with Gasteiger partial charge in [0.15, 0.2) is 0 Å². The van der Waals surface area contributed by atoms with Crippen LogP contribution in [0.25, 0.3) is 0 Å². The molecule has 1 heterocycles. The molecule has 2 fully saturated rings. The van der Waals surface area contributed by atoms with E-state index in [0.717, 1.165) is 17.9 Å². The van der Waals surface area contributed by atoms with Gasteiger partial charge in [-0.05, 0) is 62.3 Å². The van der Waals surface area contributed by atoms with Crippen molar-refractivity contribution in [3.05, 3.63) is 0 Å². The third kappa shape index (κ3) is 2.75. The average Bonchev–Trinajstić information content (AvgIpc) is 2.69. The highest BCUT2D eigenvalue weighted by molar-refractivity contribution is 4.87. The van der Waals surface area contributed by atoms with E-state index in [1.807, 2.05) is 0 Å². The summed E-state index contributed by atoms with van der Waals surface area (Å²) in [6.07, 6.45) is 8.71. The van der Waals surface area contributed by atoms with Crippen molar-refractivity contribution in [3.63, 3.8) is 0 Å². The number of nitrogens with one attached hydrogen (secondary N) is 1. The lowest BCUT2D eigenvalue weighted by atomic mass is 9.68. The van der Waals surface area contributed by atoms with E-state index >= 15 is 0 Å². The minimum absolute atomic E-state index is 0.536. The number of hydrogen-bond donors (Lipinski definition) is 1. The van der Waals surface area contributed by atoms with Crippen LogP contribution in [0.15, 0.2) is 0 Å². The second-order valence-corrected chi connectivity index (χ2v) is 6.68. The maximum Gasteiger partial charge on any atom is 0.00958 e. The van der Waals surface area contributed by atoms with Crippen molar-refractivity contribution in [3.8, 4) is 0 Å². The lowest BCUT2D eigenvalue weighted by molar-refractivity contribution is 0.136. The van der Waals surface area contributed by atoms with Crippen molar-refractivity contribution in [1.82, 2.24) is 5.32 Å². The van der Waals surface area contributed by atoms with Crippen LogP contribution in [0.2, 0.25) is 0 Å². The zero-order valence-electron chi connectivity index (χ0n) is 10.7. The van der Waals surface area contributed by atoms with E-state index < -0.39 is 0 Å². The van der Waals surface area contributed by atoms with Gasteiger partial charge in [-0.3, -0.25) is 0 Å². The summed E-state index contributed by atoms with van der Waals surface area (Å²) in [6.45, 7) is 8.49. The molecule has 88 valence electrons. The molecule has 1 saturated heterocycles. The second-order valence-electron chi connectivity index (χ2n) is 6.68. The molecule has 1 saturated carbocycles. The quantitative estimate of drug-likeness (QED) is 0.696. The van der Waals surface area contributed by atoms with Crippen LogP contribution in [0.3, 0.4) is 0 Å². The number of rotatable bonds is 1. The summed E-state index contributed by atoms with van der Waals surface area (Å²) in [4.78, 5) is 0. The van der Waals surface area contributed by atoms with Gasteiger partial charge in [-0.1, -0.05) is 20.8 Å². The summed E-state index contributed by atoms with van der Waals surface area (Å²) in [5.74, 6) is 1.96. The molecule has 0 amide bonds. The van der Waals surface area contributed by atoms with Gasteiger partial charge in [0, 0.05) is 6.04 Å². The van der Waals surface area contributed by atoms with Crippen molar-refractivity contribution in [2.75, 3.05) is 6.54 Å². The smallest absolute Gasteiger partial charge is 0.00958 e. The Morgan fingerprint density at radius 3 is 2.07 bits per heavy atom. The molecule has 1 N–H and O–H groups in total. The molecule has 1 aliphatic carbocycles. The van der Waals surface area contributed by atoms with Crippen LogP contribution in [0.1, 0.15) is 59.3 Å². The second kappa shape index (κ2) is 4.45. The van der Waals surface area contributed by atoms with Gasteiger partial charge < -0.3 is 5.32 Å². The molecule has 0 aromatic carbocycles. The van der Waals surface area contributed by atoms with Crippen molar-refractivity contribution >= 4 is 0 Å². The third-order valence-corrected chi connectivity index (χ3v) is 4.66. The van der Waals surface area contributed by atoms with E-state index in [2.05, 4.69) is 26.1 Å². The van der Waals surface area contributed by atoms with Crippen molar-refractivity contribution < 1.29 is 0 Å². The molecular formula is C14H27N. The Kier molecular flexibility index (Phi) is 3.39. The van der Waals surface area contributed by atoms with Crippen LogP contribution in [-0.2, 0) is 0 Å². The van der Waals surface area contributed by atoms with E-state index in [0.29, 0.717) is 5.41 Å². The Bertz CT molecular complexity index is 190. The molecule has 1 atom stereocenters. The highest BCUT2D eigenvalue weighted by Gasteiger charge is 2.33. The standard InChI is InChI=1S/C14H27N/c1-14(2,3)12-8-6-11(7-9-12)13-5-4-10-15-13/h11-13,15H,4-10H2,1-3H3. The van der Waals surface area contributed by atoms with E-state index in [-0.39, 0.29) is 0 Å². The summed E-state index contributed by atoms with van der Waals surface area (Å²) < 4.78 is 0. The van der Waals surface area contributed by atoms with Crippen LogP contribution >= 0.6 is 0 Å². The fraction of sp³-hybridized carbons (Fsp3) is 1.00. The SMILES string of the molecule is CC(C)(C)C1CCC(C2CCCN2)CC1. The van der Waals surface area contributed by atoms with Crippen LogP contribution in [-0.4, -0.2) is 12.6 Å². The molecule has 1 aliphatic heterocycles. The maximum atomic E-state index is 3.68. The zero-order chi connectivity index (χ0) is 10.9. The van der Waals surface area contributed by atoms with Crippen LogP contribution in [0.5, 0.6) is 0 Å². The Morgan fingerprint density at radius 2 is 1.60 bits per heavy atom. The Hall–Kier alpha value is -0.0400. The molecule has 2 rings (SSSR count). The van der Waals surface area contributed by atoms with Crippen LogP contribution in [0.4, 0.5) is 0 Å². The first-order chi connectivity index (χ1) is 7.07. The lowest BCUT2D eigenvalue weighted by Crippen LogP contribution is -2.35. The molecule has 1 nitrogen and oxygen atoms in total. The van der Waals surface area contributed by atoms with Crippen molar-refractivity contribution in [2.24, 2.45) is 17.3 Å². The molecular weight excluding hydrogens is 182 g/mol. The minimum atomic E-state index is 0.536.